The van der Waals surface area contributed by atoms with Gasteiger partial charge in [0.2, 0.25) is 0 Å². The molecule has 0 N–H and O–H groups in total. The maximum Gasteiger partial charge on any atom is 0.156 e. The second-order valence-corrected chi connectivity index (χ2v) is 2.58. The quantitative estimate of drug-likeness (QED) is 0.558. The molecule has 2 heterocycles. The number of nitrogens with zero attached hydrogens (tertiary/aromatic N) is 3. The summed E-state index contributed by atoms with van der Waals surface area (Å²) in [6.07, 6.45) is 2.81. The summed E-state index contributed by atoms with van der Waals surface area (Å²) in [7, 11) is 0. The van der Waals surface area contributed by atoms with Crippen LogP contribution in [0.4, 0.5) is 0 Å². The first-order valence-corrected chi connectivity index (χ1v) is 3.47. The van der Waals surface area contributed by atoms with Crippen molar-refractivity contribution in [3.05, 3.63) is 29.7 Å². The van der Waals surface area contributed by atoms with Crippen molar-refractivity contribution >= 4 is 5.65 Å². The lowest BCUT2D eigenvalue weighted by Crippen LogP contribution is -1.94. The van der Waals surface area contributed by atoms with Crippen molar-refractivity contribution in [2.75, 3.05) is 0 Å². The Hall–Kier alpha value is -1.38. The molecular formula is C8H8N3. The number of aromatic nitrogens is 3. The molecule has 1 radical (unpaired) electrons. The molecule has 0 aliphatic rings. The SMILES string of the molecule is Cc1cc2n[c]cc(C)n2n1. The van der Waals surface area contributed by atoms with E-state index in [0.29, 0.717) is 0 Å². The summed E-state index contributed by atoms with van der Waals surface area (Å²) >= 11 is 0. The minimum Gasteiger partial charge on any atom is -0.227 e. The van der Waals surface area contributed by atoms with E-state index in [9.17, 15) is 0 Å². The lowest BCUT2D eigenvalue weighted by atomic mass is 10.4. The van der Waals surface area contributed by atoms with Crippen LogP contribution in [0.3, 0.4) is 0 Å². The lowest BCUT2D eigenvalue weighted by molar-refractivity contribution is 0.876. The Morgan fingerprint density at radius 3 is 3.00 bits per heavy atom. The summed E-state index contributed by atoms with van der Waals surface area (Å²) in [6, 6.07) is 3.75. The van der Waals surface area contributed by atoms with Crippen molar-refractivity contribution in [1.82, 2.24) is 14.6 Å². The molecule has 0 unspecified atom stereocenters. The van der Waals surface area contributed by atoms with Gasteiger partial charge in [-0.05, 0) is 19.9 Å². The fourth-order valence-electron chi connectivity index (χ4n) is 1.08. The largest absolute Gasteiger partial charge is 0.227 e. The highest BCUT2D eigenvalue weighted by molar-refractivity contribution is 5.39. The summed E-state index contributed by atoms with van der Waals surface area (Å²) in [5.74, 6) is 0. The summed E-state index contributed by atoms with van der Waals surface area (Å²) < 4.78 is 1.81. The third kappa shape index (κ3) is 0.888. The molecule has 55 valence electrons. The first-order chi connectivity index (χ1) is 5.27. The van der Waals surface area contributed by atoms with E-state index in [0.717, 1.165) is 17.0 Å². The average Bonchev–Trinajstić information content (AvgIpc) is 2.31. The Kier molecular flexibility index (Phi) is 1.18. The van der Waals surface area contributed by atoms with E-state index in [4.69, 9.17) is 0 Å². The van der Waals surface area contributed by atoms with Crippen LogP contribution in [-0.2, 0) is 0 Å². The average molecular weight is 146 g/mol. The smallest absolute Gasteiger partial charge is 0.156 e. The predicted molar refractivity (Wildman–Crippen MR) is 41.3 cm³/mol. The van der Waals surface area contributed by atoms with Crippen molar-refractivity contribution in [1.29, 1.82) is 0 Å². The highest BCUT2D eigenvalue weighted by Crippen LogP contribution is 2.03. The number of aryl methyl sites for hydroxylation is 2. The van der Waals surface area contributed by atoms with Gasteiger partial charge in [0, 0.05) is 11.8 Å². The van der Waals surface area contributed by atoms with E-state index >= 15 is 0 Å². The van der Waals surface area contributed by atoms with E-state index in [-0.39, 0.29) is 0 Å². The zero-order valence-corrected chi connectivity index (χ0v) is 6.50. The summed E-state index contributed by atoms with van der Waals surface area (Å²) in [4.78, 5) is 4.04. The monoisotopic (exact) mass is 146 g/mol. The number of rotatable bonds is 0. The van der Waals surface area contributed by atoms with Crippen molar-refractivity contribution in [2.45, 2.75) is 13.8 Å². The van der Waals surface area contributed by atoms with Gasteiger partial charge >= 0.3 is 0 Å². The summed E-state index contributed by atoms with van der Waals surface area (Å²) in [5, 5.41) is 4.25. The number of hydrogen-bond acceptors (Lipinski definition) is 2. The minimum atomic E-state index is 0.863. The maximum atomic E-state index is 4.25. The van der Waals surface area contributed by atoms with Gasteiger partial charge in [0.15, 0.2) is 5.65 Å². The molecule has 0 amide bonds. The van der Waals surface area contributed by atoms with E-state index in [1.807, 2.05) is 30.5 Å². The van der Waals surface area contributed by atoms with Crippen LogP contribution in [0, 0.1) is 20.0 Å². The molecule has 3 heteroatoms. The molecule has 0 aromatic carbocycles. The summed E-state index contributed by atoms with van der Waals surface area (Å²) in [6.45, 7) is 3.94. The molecule has 2 aromatic heterocycles. The predicted octanol–water partition coefficient (Wildman–Crippen LogP) is 1.15. The maximum absolute atomic E-state index is 4.25. The minimum absolute atomic E-state index is 0.863. The molecule has 3 nitrogen and oxygen atoms in total. The molecule has 0 atom stereocenters. The Morgan fingerprint density at radius 2 is 2.27 bits per heavy atom. The Bertz CT molecular complexity index is 389. The normalized spacial score (nSPS) is 10.7. The molecule has 0 saturated heterocycles. The molecule has 0 aliphatic heterocycles. The van der Waals surface area contributed by atoms with Gasteiger partial charge in [0.25, 0.3) is 0 Å². The number of hydrogen-bond donors (Lipinski definition) is 0. The fraction of sp³-hybridized carbons (Fsp3) is 0.250. The zero-order valence-electron chi connectivity index (χ0n) is 6.50. The lowest BCUT2D eigenvalue weighted by Gasteiger charge is -1.93. The molecular weight excluding hydrogens is 138 g/mol. The van der Waals surface area contributed by atoms with Gasteiger partial charge in [-0.1, -0.05) is 0 Å². The molecule has 0 spiro atoms. The first-order valence-electron chi connectivity index (χ1n) is 3.47. The van der Waals surface area contributed by atoms with Gasteiger partial charge in [-0.25, -0.2) is 9.50 Å². The van der Waals surface area contributed by atoms with Crippen LogP contribution in [0.25, 0.3) is 5.65 Å². The fourth-order valence-corrected chi connectivity index (χ4v) is 1.08. The topological polar surface area (TPSA) is 30.2 Å². The standard InChI is InChI=1S/C8H8N3/c1-6-5-8-9-4-3-7(2)11(8)10-6/h3,5H,1-2H3. The molecule has 2 aromatic rings. The molecule has 2 rings (SSSR count). The molecule has 0 bridgehead atoms. The Morgan fingerprint density at radius 1 is 1.45 bits per heavy atom. The number of fused-ring (bicyclic) bond motifs is 1. The summed E-state index contributed by atoms with van der Waals surface area (Å²) in [5.41, 5.74) is 2.91. The van der Waals surface area contributed by atoms with Gasteiger partial charge < -0.3 is 0 Å². The van der Waals surface area contributed by atoms with Crippen LogP contribution in [0.15, 0.2) is 12.1 Å². The Labute approximate surface area is 64.7 Å². The van der Waals surface area contributed by atoms with E-state index in [2.05, 4.69) is 16.3 Å². The first kappa shape index (κ1) is 6.34. The van der Waals surface area contributed by atoms with Gasteiger partial charge in [-0.15, -0.1) is 0 Å². The van der Waals surface area contributed by atoms with E-state index < -0.39 is 0 Å². The van der Waals surface area contributed by atoms with Crippen LogP contribution in [0.2, 0.25) is 0 Å². The van der Waals surface area contributed by atoms with Gasteiger partial charge in [0.1, 0.15) is 0 Å². The van der Waals surface area contributed by atoms with Crippen molar-refractivity contribution in [2.24, 2.45) is 0 Å². The molecule has 0 aliphatic carbocycles. The third-order valence-corrected chi connectivity index (χ3v) is 1.60. The van der Waals surface area contributed by atoms with Crippen molar-refractivity contribution in [3.8, 4) is 0 Å². The Balaban J connectivity index is 2.90. The third-order valence-electron chi connectivity index (χ3n) is 1.60. The second kappa shape index (κ2) is 2.05. The van der Waals surface area contributed by atoms with Crippen molar-refractivity contribution in [3.63, 3.8) is 0 Å². The molecule has 0 saturated carbocycles. The van der Waals surface area contributed by atoms with Gasteiger partial charge in [0.05, 0.1) is 11.9 Å². The van der Waals surface area contributed by atoms with Crippen LogP contribution >= 0.6 is 0 Å². The van der Waals surface area contributed by atoms with Crippen LogP contribution < -0.4 is 0 Å². The van der Waals surface area contributed by atoms with Crippen LogP contribution in [-0.4, -0.2) is 14.6 Å². The van der Waals surface area contributed by atoms with Gasteiger partial charge in [-0.2, -0.15) is 5.10 Å². The molecule has 0 fully saturated rings. The zero-order chi connectivity index (χ0) is 7.84. The van der Waals surface area contributed by atoms with Crippen LogP contribution in [0.1, 0.15) is 11.4 Å². The van der Waals surface area contributed by atoms with Gasteiger partial charge in [-0.3, -0.25) is 0 Å². The van der Waals surface area contributed by atoms with Crippen LogP contribution in [0.5, 0.6) is 0 Å². The highest BCUT2D eigenvalue weighted by Gasteiger charge is 1.98. The van der Waals surface area contributed by atoms with E-state index in [1.165, 1.54) is 0 Å². The second-order valence-electron chi connectivity index (χ2n) is 2.58. The highest BCUT2D eigenvalue weighted by atomic mass is 15.3. The van der Waals surface area contributed by atoms with Crippen molar-refractivity contribution < 1.29 is 0 Å². The molecule has 11 heavy (non-hydrogen) atoms. The van der Waals surface area contributed by atoms with E-state index in [1.54, 1.807) is 0 Å².